The highest BCUT2D eigenvalue weighted by Gasteiger charge is 2.12. The Kier molecular flexibility index (Phi) is 4.43. The number of carbonyl (C=O) groups excluding carboxylic acids is 1. The Morgan fingerprint density at radius 1 is 1.50 bits per heavy atom. The Bertz CT molecular complexity index is 366. The van der Waals surface area contributed by atoms with Crippen LogP contribution in [0, 0.1) is 5.82 Å². The molecule has 0 saturated carbocycles. The molecule has 4 heteroatoms. The summed E-state index contributed by atoms with van der Waals surface area (Å²) < 4.78 is 13.0. The maximum absolute atomic E-state index is 13.0. The molecule has 0 aliphatic carbocycles. The van der Waals surface area contributed by atoms with Gasteiger partial charge in [-0.3, -0.25) is 9.69 Å². The lowest BCUT2D eigenvalue weighted by molar-refractivity contribution is -0.119. The summed E-state index contributed by atoms with van der Waals surface area (Å²) >= 11 is 0. The lowest BCUT2D eigenvalue weighted by Gasteiger charge is -2.24. The lowest BCUT2D eigenvalue weighted by Crippen LogP contribution is -2.37. The van der Waals surface area contributed by atoms with Gasteiger partial charge in [0.1, 0.15) is 5.82 Å². The maximum atomic E-state index is 13.0. The molecule has 0 fully saturated rings. The average molecular weight is 224 g/mol. The molecular weight excluding hydrogens is 207 g/mol. The maximum Gasteiger partial charge on any atom is 0.231 e. The van der Waals surface area contributed by atoms with E-state index >= 15 is 0 Å². The Morgan fingerprint density at radius 2 is 2.19 bits per heavy atom. The first-order valence-corrected chi connectivity index (χ1v) is 5.26. The number of hydrogen-bond acceptors (Lipinski definition) is 2. The monoisotopic (exact) mass is 224 g/mol. The lowest BCUT2D eigenvalue weighted by atomic mass is 10.2. The number of nitrogens with zero attached hydrogens (tertiary/aromatic N) is 1. The van der Waals surface area contributed by atoms with Crippen molar-refractivity contribution in [2.24, 2.45) is 5.73 Å². The fourth-order valence-electron chi connectivity index (χ4n) is 1.49. The summed E-state index contributed by atoms with van der Waals surface area (Å²) in [5.74, 6) is -0.634. The molecule has 0 spiro atoms. The standard InChI is InChI=1S/C12H17FN2O/c1-9(2)15(8-12(14)16)7-10-4-3-5-11(13)6-10/h3-6,9H,7-8H2,1-2H3,(H2,14,16). The van der Waals surface area contributed by atoms with Crippen LogP contribution in [0.1, 0.15) is 19.4 Å². The number of carbonyl (C=O) groups is 1. The van der Waals surface area contributed by atoms with Crippen LogP contribution < -0.4 is 5.73 Å². The van der Waals surface area contributed by atoms with Gasteiger partial charge in [-0.2, -0.15) is 0 Å². The van der Waals surface area contributed by atoms with Crippen molar-refractivity contribution in [3.05, 3.63) is 35.6 Å². The second-order valence-electron chi connectivity index (χ2n) is 4.09. The second kappa shape index (κ2) is 5.61. The first-order valence-electron chi connectivity index (χ1n) is 5.26. The summed E-state index contributed by atoms with van der Waals surface area (Å²) in [5.41, 5.74) is 6.00. The summed E-state index contributed by atoms with van der Waals surface area (Å²) in [7, 11) is 0. The molecule has 0 heterocycles. The highest BCUT2D eigenvalue weighted by atomic mass is 19.1. The molecule has 0 atom stereocenters. The second-order valence-corrected chi connectivity index (χ2v) is 4.09. The largest absolute Gasteiger partial charge is 0.369 e. The van der Waals surface area contributed by atoms with Crippen molar-refractivity contribution in [1.82, 2.24) is 4.90 Å². The molecule has 0 bridgehead atoms. The number of amides is 1. The summed E-state index contributed by atoms with van der Waals surface area (Å²) in [6.45, 7) is 4.66. The van der Waals surface area contributed by atoms with Crippen LogP contribution in [0.15, 0.2) is 24.3 Å². The third kappa shape index (κ3) is 3.98. The molecule has 0 aromatic heterocycles. The van der Waals surface area contributed by atoms with E-state index in [1.807, 2.05) is 24.8 Å². The summed E-state index contributed by atoms with van der Waals surface area (Å²) in [6, 6.07) is 6.55. The molecule has 16 heavy (non-hydrogen) atoms. The molecule has 1 amide bonds. The number of halogens is 1. The van der Waals surface area contributed by atoms with Crippen LogP contribution in [-0.2, 0) is 11.3 Å². The molecule has 1 aromatic carbocycles. The molecule has 3 nitrogen and oxygen atoms in total. The minimum absolute atomic E-state index is 0.189. The van der Waals surface area contributed by atoms with Gasteiger partial charge in [-0.15, -0.1) is 0 Å². The van der Waals surface area contributed by atoms with Crippen molar-refractivity contribution < 1.29 is 9.18 Å². The third-order valence-corrected chi connectivity index (χ3v) is 2.36. The van der Waals surface area contributed by atoms with E-state index in [2.05, 4.69) is 0 Å². The minimum Gasteiger partial charge on any atom is -0.369 e. The number of benzene rings is 1. The van der Waals surface area contributed by atoms with Crippen LogP contribution in [0.3, 0.4) is 0 Å². The smallest absolute Gasteiger partial charge is 0.231 e. The van der Waals surface area contributed by atoms with Crippen molar-refractivity contribution in [2.45, 2.75) is 26.4 Å². The van der Waals surface area contributed by atoms with E-state index in [0.717, 1.165) is 5.56 Å². The van der Waals surface area contributed by atoms with Gasteiger partial charge in [0.15, 0.2) is 0 Å². The van der Waals surface area contributed by atoms with E-state index in [-0.39, 0.29) is 24.3 Å². The third-order valence-electron chi connectivity index (χ3n) is 2.36. The number of primary amides is 1. The number of nitrogens with two attached hydrogens (primary N) is 1. The molecule has 0 aliphatic heterocycles. The van der Waals surface area contributed by atoms with Gasteiger partial charge < -0.3 is 5.73 Å². The fraction of sp³-hybridized carbons (Fsp3) is 0.417. The van der Waals surface area contributed by atoms with Crippen LogP contribution in [0.25, 0.3) is 0 Å². The molecular formula is C12H17FN2O. The summed E-state index contributed by atoms with van der Waals surface area (Å²) in [4.78, 5) is 12.8. The molecule has 0 radical (unpaired) electrons. The van der Waals surface area contributed by atoms with Crippen LogP contribution in [0.2, 0.25) is 0 Å². The Morgan fingerprint density at radius 3 is 2.69 bits per heavy atom. The van der Waals surface area contributed by atoms with Crippen molar-refractivity contribution in [3.63, 3.8) is 0 Å². The van der Waals surface area contributed by atoms with Gasteiger partial charge in [0.05, 0.1) is 6.54 Å². The summed E-state index contributed by atoms with van der Waals surface area (Å²) in [6.07, 6.45) is 0. The van der Waals surface area contributed by atoms with Gasteiger partial charge in [0, 0.05) is 12.6 Å². The van der Waals surface area contributed by atoms with Gasteiger partial charge in [-0.25, -0.2) is 4.39 Å². The van der Waals surface area contributed by atoms with Crippen LogP contribution in [0.5, 0.6) is 0 Å². The fourth-order valence-corrected chi connectivity index (χ4v) is 1.49. The van der Waals surface area contributed by atoms with E-state index in [1.54, 1.807) is 6.07 Å². The number of hydrogen-bond donors (Lipinski definition) is 1. The minimum atomic E-state index is -0.370. The van der Waals surface area contributed by atoms with Gasteiger partial charge in [0.2, 0.25) is 5.91 Å². The quantitative estimate of drug-likeness (QED) is 0.824. The van der Waals surface area contributed by atoms with Gasteiger partial charge >= 0.3 is 0 Å². The predicted octanol–water partition coefficient (Wildman–Crippen LogP) is 1.52. The Balaban J connectivity index is 2.71. The van der Waals surface area contributed by atoms with Crippen molar-refractivity contribution >= 4 is 5.91 Å². The molecule has 88 valence electrons. The zero-order valence-corrected chi connectivity index (χ0v) is 9.61. The van der Waals surface area contributed by atoms with Crippen molar-refractivity contribution in [3.8, 4) is 0 Å². The average Bonchev–Trinajstić information content (AvgIpc) is 2.15. The highest BCUT2D eigenvalue weighted by molar-refractivity contribution is 5.75. The topological polar surface area (TPSA) is 46.3 Å². The summed E-state index contributed by atoms with van der Waals surface area (Å²) in [5, 5.41) is 0. The van der Waals surface area contributed by atoms with E-state index in [9.17, 15) is 9.18 Å². The van der Waals surface area contributed by atoms with Gasteiger partial charge in [0.25, 0.3) is 0 Å². The normalized spacial score (nSPS) is 11.1. The van der Waals surface area contributed by atoms with E-state index in [0.29, 0.717) is 6.54 Å². The SMILES string of the molecule is CC(C)N(CC(N)=O)Cc1cccc(F)c1. The molecule has 0 unspecified atom stereocenters. The van der Waals surface area contributed by atoms with Gasteiger partial charge in [-0.05, 0) is 31.5 Å². The highest BCUT2D eigenvalue weighted by Crippen LogP contribution is 2.09. The van der Waals surface area contributed by atoms with E-state index in [4.69, 9.17) is 5.73 Å². The van der Waals surface area contributed by atoms with Crippen molar-refractivity contribution in [2.75, 3.05) is 6.54 Å². The Labute approximate surface area is 95.0 Å². The van der Waals surface area contributed by atoms with Crippen molar-refractivity contribution in [1.29, 1.82) is 0 Å². The van der Waals surface area contributed by atoms with E-state index in [1.165, 1.54) is 12.1 Å². The Hall–Kier alpha value is -1.42. The molecule has 0 saturated heterocycles. The molecule has 1 aromatic rings. The van der Waals surface area contributed by atoms with Crippen LogP contribution in [-0.4, -0.2) is 23.4 Å². The molecule has 2 N–H and O–H groups in total. The molecule has 0 aliphatic rings. The molecule has 1 rings (SSSR count). The van der Waals surface area contributed by atoms with Gasteiger partial charge in [-0.1, -0.05) is 12.1 Å². The first kappa shape index (κ1) is 12.6. The zero-order chi connectivity index (χ0) is 12.1. The zero-order valence-electron chi connectivity index (χ0n) is 9.61. The van der Waals surface area contributed by atoms with Crippen LogP contribution >= 0.6 is 0 Å². The van der Waals surface area contributed by atoms with E-state index < -0.39 is 0 Å². The number of rotatable bonds is 5. The predicted molar refractivity (Wildman–Crippen MR) is 61.1 cm³/mol. The first-order chi connectivity index (χ1) is 7.49. The van der Waals surface area contributed by atoms with Crippen LogP contribution in [0.4, 0.5) is 4.39 Å².